The second kappa shape index (κ2) is 4.81. The molecule has 2 aliphatic carbocycles. The summed E-state index contributed by atoms with van der Waals surface area (Å²) in [7, 11) is 0. The first-order valence-corrected chi connectivity index (χ1v) is 6.38. The molecule has 2 unspecified atom stereocenters. The van der Waals surface area contributed by atoms with Crippen molar-refractivity contribution in [3.63, 3.8) is 0 Å². The van der Waals surface area contributed by atoms with Crippen molar-refractivity contribution in [2.45, 2.75) is 56.5 Å². The Labute approximate surface area is 92.4 Å². The predicted molar refractivity (Wildman–Crippen MR) is 61.6 cm³/mol. The van der Waals surface area contributed by atoms with Crippen LogP contribution in [0.25, 0.3) is 0 Å². The molecule has 0 aromatic heterocycles. The number of nitrogens with one attached hydrogen (secondary N) is 1. The van der Waals surface area contributed by atoms with E-state index < -0.39 is 0 Å². The first kappa shape index (κ1) is 11.4. The molecule has 2 rings (SSSR count). The van der Waals surface area contributed by atoms with E-state index >= 15 is 0 Å². The number of aliphatic hydroxyl groups excluding tert-OH is 1. The van der Waals surface area contributed by atoms with Crippen molar-refractivity contribution in [3.05, 3.63) is 0 Å². The van der Waals surface area contributed by atoms with E-state index in [9.17, 15) is 5.11 Å². The van der Waals surface area contributed by atoms with Crippen LogP contribution in [0, 0.1) is 5.92 Å². The van der Waals surface area contributed by atoms with Crippen molar-refractivity contribution in [1.29, 1.82) is 0 Å². The molecule has 0 spiro atoms. The van der Waals surface area contributed by atoms with E-state index in [1.54, 1.807) is 0 Å². The van der Waals surface area contributed by atoms with Gasteiger partial charge in [0.1, 0.15) is 0 Å². The summed E-state index contributed by atoms with van der Waals surface area (Å²) in [6, 6.07) is 0.511. The minimum Gasteiger partial charge on any atom is -0.396 e. The first-order chi connectivity index (χ1) is 7.29. The molecule has 15 heavy (non-hydrogen) atoms. The molecule has 4 N–H and O–H groups in total. The van der Waals surface area contributed by atoms with Gasteiger partial charge in [0.05, 0.1) is 0 Å². The van der Waals surface area contributed by atoms with Crippen LogP contribution in [-0.2, 0) is 0 Å². The highest BCUT2D eigenvalue weighted by Crippen LogP contribution is 2.33. The van der Waals surface area contributed by atoms with E-state index in [2.05, 4.69) is 5.32 Å². The van der Waals surface area contributed by atoms with E-state index in [-0.39, 0.29) is 5.54 Å². The van der Waals surface area contributed by atoms with Crippen LogP contribution < -0.4 is 11.1 Å². The highest BCUT2D eigenvalue weighted by molar-refractivity contribution is 4.98. The molecule has 0 aromatic carbocycles. The molecular formula is C12H24N2O. The maximum Gasteiger partial charge on any atom is 0.0474 e. The molecule has 0 amide bonds. The van der Waals surface area contributed by atoms with Crippen LogP contribution in [-0.4, -0.2) is 29.8 Å². The van der Waals surface area contributed by atoms with Gasteiger partial charge in [-0.05, 0) is 31.6 Å². The monoisotopic (exact) mass is 212 g/mol. The molecule has 0 saturated heterocycles. The Hall–Kier alpha value is -0.120. The van der Waals surface area contributed by atoms with Gasteiger partial charge in [-0.1, -0.05) is 19.3 Å². The van der Waals surface area contributed by atoms with E-state index in [0.717, 1.165) is 6.54 Å². The predicted octanol–water partition coefficient (Wildman–Crippen LogP) is 1.01. The van der Waals surface area contributed by atoms with E-state index in [4.69, 9.17) is 5.73 Å². The molecule has 3 nitrogen and oxygen atoms in total. The second-order valence-electron chi connectivity index (χ2n) is 5.32. The van der Waals surface area contributed by atoms with Crippen LogP contribution in [0.1, 0.15) is 44.9 Å². The van der Waals surface area contributed by atoms with Crippen molar-refractivity contribution >= 4 is 0 Å². The van der Waals surface area contributed by atoms with Gasteiger partial charge in [-0.25, -0.2) is 0 Å². The molecule has 0 aromatic rings. The first-order valence-electron chi connectivity index (χ1n) is 6.38. The van der Waals surface area contributed by atoms with Crippen LogP contribution in [0.2, 0.25) is 0 Å². The maximum atomic E-state index is 9.30. The van der Waals surface area contributed by atoms with Gasteiger partial charge in [-0.2, -0.15) is 0 Å². The zero-order valence-electron chi connectivity index (χ0n) is 9.54. The SMILES string of the molecule is NCC1(NC2CCCC2CO)CCCC1. The van der Waals surface area contributed by atoms with Crippen molar-refractivity contribution < 1.29 is 5.11 Å². The topological polar surface area (TPSA) is 58.3 Å². The summed E-state index contributed by atoms with van der Waals surface area (Å²) in [6.45, 7) is 1.08. The lowest BCUT2D eigenvalue weighted by atomic mass is 9.93. The van der Waals surface area contributed by atoms with Crippen LogP contribution in [0.5, 0.6) is 0 Å². The zero-order valence-corrected chi connectivity index (χ0v) is 9.54. The van der Waals surface area contributed by atoms with Gasteiger partial charge in [-0.3, -0.25) is 0 Å². The summed E-state index contributed by atoms with van der Waals surface area (Å²) < 4.78 is 0. The third kappa shape index (κ3) is 2.35. The van der Waals surface area contributed by atoms with Crippen molar-refractivity contribution in [2.75, 3.05) is 13.2 Å². The van der Waals surface area contributed by atoms with Crippen LogP contribution in [0.15, 0.2) is 0 Å². The smallest absolute Gasteiger partial charge is 0.0474 e. The summed E-state index contributed by atoms with van der Waals surface area (Å²) in [6.07, 6.45) is 8.70. The van der Waals surface area contributed by atoms with Gasteiger partial charge < -0.3 is 16.2 Å². The molecule has 88 valence electrons. The fourth-order valence-electron chi connectivity index (χ4n) is 3.30. The number of hydrogen-bond acceptors (Lipinski definition) is 3. The van der Waals surface area contributed by atoms with Gasteiger partial charge >= 0.3 is 0 Å². The molecule has 3 heteroatoms. The highest BCUT2D eigenvalue weighted by atomic mass is 16.3. The fraction of sp³-hybridized carbons (Fsp3) is 1.00. The Balaban J connectivity index is 1.94. The molecule has 0 heterocycles. The second-order valence-corrected chi connectivity index (χ2v) is 5.32. The lowest BCUT2D eigenvalue weighted by molar-refractivity contribution is 0.180. The van der Waals surface area contributed by atoms with E-state index in [0.29, 0.717) is 18.6 Å². The maximum absolute atomic E-state index is 9.30. The minimum absolute atomic E-state index is 0.197. The lowest BCUT2D eigenvalue weighted by Crippen LogP contribution is -2.54. The quantitative estimate of drug-likeness (QED) is 0.652. The summed E-state index contributed by atoms with van der Waals surface area (Å²) >= 11 is 0. The Morgan fingerprint density at radius 3 is 2.53 bits per heavy atom. The summed E-state index contributed by atoms with van der Waals surface area (Å²) in [4.78, 5) is 0. The third-order valence-electron chi connectivity index (χ3n) is 4.34. The third-order valence-corrected chi connectivity index (χ3v) is 4.34. The van der Waals surface area contributed by atoms with Gasteiger partial charge in [0.25, 0.3) is 0 Å². The zero-order chi connectivity index (χ0) is 10.7. The normalized spacial score (nSPS) is 34.8. The lowest BCUT2D eigenvalue weighted by Gasteiger charge is -2.34. The molecule has 0 bridgehead atoms. The van der Waals surface area contributed by atoms with Gasteiger partial charge in [0.15, 0.2) is 0 Å². The highest BCUT2D eigenvalue weighted by Gasteiger charge is 2.37. The Morgan fingerprint density at radius 2 is 1.93 bits per heavy atom. The van der Waals surface area contributed by atoms with Crippen molar-refractivity contribution in [1.82, 2.24) is 5.32 Å². The van der Waals surface area contributed by atoms with Crippen LogP contribution in [0.4, 0.5) is 0 Å². The molecule has 2 aliphatic rings. The summed E-state index contributed by atoms with van der Waals surface area (Å²) in [5.74, 6) is 0.467. The van der Waals surface area contributed by atoms with Crippen molar-refractivity contribution in [3.8, 4) is 0 Å². The Kier molecular flexibility index (Phi) is 3.65. The summed E-state index contributed by atoms with van der Waals surface area (Å²) in [5, 5.41) is 13.1. The van der Waals surface area contributed by atoms with E-state index in [1.807, 2.05) is 0 Å². The molecule has 0 aliphatic heterocycles. The number of nitrogens with two attached hydrogens (primary N) is 1. The molecular weight excluding hydrogens is 188 g/mol. The number of rotatable bonds is 4. The van der Waals surface area contributed by atoms with Gasteiger partial charge in [-0.15, -0.1) is 0 Å². The van der Waals surface area contributed by atoms with E-state index in [1.165, 1.54) is 44.9 Å². The Morgan fingerprint density at radius 1 is 1.20 bits per heavy atom. The van der Waals surface area contributed by atoms with Gasteiger partial charge in [0, 0.05) is 24.7 Å². The average Bonchev–Trinajstić information content (AvgIpc) is 2.88. The molecule has 0 radical (unpaired) electrons. The standard InChI is InChI=1S/C12H24N2O/c13-9-12(6-1-2-7-12)14-11-5-3-4-10(11)8-15/h10-11,14-15H,1-9,13H2. The molecule has 2 fully saturated rings. The number of hydrogen-bond donors (Lipinski definition) is 3. The largest absolute Gasteiger partial charge is 0.396 e. The van der Waals surface area contributed by atoms with Crippen molar-refractivity contribution in [2.24, 2.45) is 11.7 Å². The average molecular weight is 212 g/mol. The molecule has 2 saturated carbocycles. The van der Waals surface area contributed by atoms with Crippen LogP contribution >= 0.6 is 0 Å². The molecule has 2 atom stereocenters. The van der Waals surface area contributed by atoms with Crippen LogP contribution in [0.3, 0.4) is 0 Å². The minimum atomic E-state index is 0.197. The number of aliphatic hydroxyl groups is 1. The Bertz CT molecular complexity index is 202. The summed E-state index contributed by atoms with van der Waals surface area (Å²) in [5.41, 5.74) is 6.11. The fourth-order valence-corrected chi connectivity index (χ4v) is 3.30. The van der Waals surface area contributed by atoms with Gasteiger partial charge in [0.2, 0.25) is 0 Å².